The highest BCUT2D eigenvalue weighted by Crippen LogP contribution is 2.28. The number of nitrogens with zero attached hydrogens (tertiary/aromatic N) is 2. The number of carbonyl (C=O) groups excluding carboxylic acids is 2. The van der Waals surface area contributed by atoms with Gasteiger partial charge in [-0.2, -0.15) is 0 Å². The standard InChI is InChI=1S/C20H22N2O3.C9H19N/c1-20(15-23)14-21-17(11-13-25-2)8-9-18(21)19(24)22(20)12-10-16-6-4-3-5-7-16;1-10-9-7-5-3-2-4-6-8-9/h3-9,11,13,15H,10,12,14H2,1-2H3;9-10H,2-8H2,1H3/b13-11-;. The first-order valence-corrected chi connectivity index (χ1v) is 12.9. The van der Waals surface area contributed by atoms with Gasteiger partial charge in [-0.15, -0.1) is 0 Å². The van der Waals surface area contributed by atoms with Crippen molar-refractivity contribution < 1.29 is 14.3 Å². The smallest absolute Gasteiger partial charge is 0.271 e. The van der Waals surface area contributed by atoms with Crippen LogP contribution in [0, 0.1) is 0 Å². The summed E-state index contributed by atoms with van der Waals surface area (Å²) in [5, 5.41) is 3.37. The summed E-state index contributed by atoms with van der Waals surface area (Å²) in [6.45, 7) is 2.75. The summed E-state index contributed by atoms with van der Waals surface area (Å²) in [7, 11) is 3.66. The van der Waals surface area contributed by atoms with Gasteiger partial charge >= 0.3 is 0 Å². The second-order valence-corrected chi connectivity index (χ2v) is 9.77. The fraction of sp³-hybridized carbons (Fsp3) is 0.517. The molecule has 1 aliphatic carbocycles. The van der Waals surface area contributed by atoms with E-state index < -0.39 is 5.54 Å². The highest BCUT2D eigenvalue weighted by Gasteiger charge is 2.41. The summed E-state index contributed by atoms with van der Waals surface area (Å²) in [5.41, 5.74) is 1.73. The maximum atomic E-state index is 13.0. The van der Waals surface area contributed by atoms with Crippen LogP contribution in [0.4, 0.5) is 0 Å². The fourth-order valence-electron chi connectivity index (χ4n) is 4.99. The van der Waals surface area contributed by atoms with Gasteiger partial charge in [-0.3, -0.25) is 4.79 Å². The van der Waals surface area contributed by atoms with Gasteiger partial charge in [-0.25, -0.2) is 0 Å². The third kappa shape index (κ3) is 7.07. The molecule has 2 aromatic rings. The molecule has 1 aromatic heterocycles. The van der Waals surface area contributed by atoms with Gasteiger partial charge in [0.05, 0.1) is 19.9 Å². The number of ether oxygens (including phenoxy) is 1. The van der Waals surface area contributed by atoms with Crippen molar-refractivity contribution in [2.24, 2.45) is 0 Å². The molecular formula is C29H41N3O3. The van der Waals surface area contributed by atoms with Crippen molar-refractivity contribution in [3.63, 3.8) is 0 Å². The molecule has 1 amide bonds. The van der Waals surface area contributed by atoms with Gasteiger partial charge in [0.25, 0.3) is 5.91 Å². The van der Waals surface area contributed by atoms with Gasteiger partial charge in [0.1, 0.15) is 17.5 Å². The fourth-order valence-corrected chi connectivity index (χ4v) is 4.99. The SMILES string of the molecule is CNC1CCCCCCC1.CO/C=C\c1ccc2n1CC(C)(C=O)N(CCc1ccccc1)C2=O. The monoisotopic (exact) mass is 479 g/mol. The first-order chi connectivity index (χ1) is 17.0. The minimum atomic E-state index is -0.868. The molecule has 190 valence electrons. The highest BCUT2D eigenvalue weighted by atomic mass is 16.5. The van der Waals surface area contributed by atoms with Crippen molar-refractivity contribution >= 4 is 18.3 Å². The van der Waals surface area contributed by atoms with Crippen LogP contribution in [-0.2, 0) is 22.5 Å². The second kappa shape index (κ2) is 13.3. The minimum Gasteiger partial charge on any atom is -0.504 e. The second-order valence-electron chi connectivity index (χ2n) is 9.77. The van der Waals surface area contributed by atoms with Crippen LogP contribution in [0.25, 0.3) is 6.08 Å². The van der Waals surface area contributed by atoms with Crippen LogP contribution in [0.2, 0.25) is 0 Å². The molecule has 0 radical (unpaired) electrons. The molecule has 0 saturated heterocycles. The Bertz CT molecular complexity index is 961. The van der Waals surface area contributed by atoms with E-state index in [2.05, 4.69) is 12.4 Å². The zero-order valence-corrected chi connectivity index (χ0v) is 21.5. The number of carbonyl (C=O) groups is 2. The van der Waals surface area contributed by atoms with E-state index in [0.29, 0.717) is 25.2 Å². The maximum absolute atomic E-state index is 13.0. The number of aromatic nitrogens is 1. The number of hydrogen-bond donors (Lipinski definition) is 1. The number of hydrogen-bond acceptors (Lipinski definition) is 4. The van der Waals surface area contributed by atoms with Crippen molar-refractivity contribution in [2.45, 2.75) is 76.4 Å². The first kappa shape index (κ1) is 26.7. The predicted molar refractivity (Wildman–Crippen MR) is 141 cm³/mol. The molecule has 4 rings (SSSR count). The summed E-state index contributed by atoms with van der Waals surface area (Å²) in [4.78, 5) is 26.5. The molecule has 1 saturated carbocycles. The lowest BCUT2D eigenvalue weighted by atomic mass is 9.97. The van der Waals surface area contributed by atoms with E-state index in [0.717, 1.165) is 23.6 Å². The Balaban J connectivity index is 0.000000287. The molecule has 6 nitrogen and oxygen atoms in total. The van der Waals surface area contributed by atoms with E-state index in [1.165, 1.54) is 44.9 Å². The highest BCUT2D eigenvalue weighted by molar-refractivity contribution is 5.97. The third-order valence-electron chi connectivity index (χ3n) is 7.18. The largest absolute Gasteiger partial charge is 0.504 e. The number of methoxy groups -OCH3 is 1. The van der Waals surface area contributed by atoms with E-state index in [1.807, 2.05) is 47.9 Å². The zero-order valence-electron chi connectivity index (χ0n) is 21.5. The van der Waals surface area contributed by atoms with Crippen molar-refractivity contribution in [3.8, 4) is 0 Å². The third-order valence-corrected chi connectivity index (χ3v) is 7.18. The predicted octanol–water partition coefficient (Wildman–Crippen LogP) is 5.08. The van der Waals surface area contributed by atoms with Crippen molar-refractivity contribution in [3.05, 3.63) is 65.7 Å². The molecule has 1 aliphatic heterocycles. The Morgan fingerprint density at radius 1 is 1.06 bits per heavy atom. The Kier molecular flexibility index (Phi) is 10.2. The molecule has 6 heteroatoms. The first-order valence-electron chi connectivity index (χ1n) is 12.9. The van der Waals surface area contributed by atoms with Crippen LogP contribution in [0.15, 0.2) is 48.7 Å². The Hall–Kier alpha value is -2.86. The van der Waals surface area contributed by atoms with E-state index in [9.17, 15) is 9.59 Å². The van der Waals surface area contributed by atoms with Crippen LogP contribution >= 0.6 is 0 Å². The molecule has 2 heterocycles. The van der Waals surface area contributed by atoms with Crippen LogP contribution in [0.5, 0.6) is 0 Å². The van der Waals surface area contributed by atoms with E-state index in [-0.39, 0.29) is 5.91 Å². The number of benzene rings is 1. The number of fused-ring (bicyclic) bond motifs is 1. The molecule has 1 aromatic carbocycles. The average molecular weight is 480 g/mol. The Morgan fingerprint density at radius 2 is 1.74 bits per heavy atom. The topological polar surface area (TPSA) is 63.6 Å². The van der Waals surface area contributed by atoms with Crippen LogP contribution in [-0.4, -0.2) is 53.9 Å². The van der Waals surface area contributed by atoms with Crippen LogP contribution < -0.4 is 5.32 Å². The lowest BCUT2D eigenvalue weighted by Crippen LogP contribution is -2.58. The van der Waals surface area contributed by atoms with E-state index >= 15 is 0 Å². The van der Waals surface area contributed by atoms with Crippen molar-refractivity contribution in [1.82, 2.24) is 14.8 Å². The van der Waals surface area contributed by atoms with Crippen molar-refractivity contribution in [2.75, 3.05) is 20.7 Å². The van der Waals surface area contributed by atoms with Gasteiger partial charge in [-0.05, 0) is 57.0 Å². The molecule has 35 heavy (non-hydrogen) atoms. The van der Waals surface area contributed by atoms with Gasteiger partial charge < -0.3 is 24.3 Å². The Labute approximate surface area is 210 Å². The average Bonchev–Trinajstić information content (AvgIpc) is 3.26. The van der Waals surface area contributed by atoms with Crippen molar-refractivity contribution in [1.29, 1.82) is 0 Å². The van der Waals surface area contributed by atoms with Gasteiger partial charge in [0, 0.05) is 18.3 Å². The summed E-state index contributed by atoms with van der Waals surface area (Å²) in [6, 6.07) is 14.5. The lowest BCUT2D eigenvalue weighted by molar-refractivity contribution is -0.117. The summed E-state index contributed by atoms with van der Waals surface area (Å²) < 4.78 is 6.84. The molecule has 1 fully saturated rings. The summed E-state index contributed by atoms with van der Waals surface area (Å²) in [5.74, 6) is -0.117. The molecular weight excluding hydrogens is 438 g/mol. The van der Waals surface area contributed by atoms with Gasteiger partial charge in [0.15, 0.2) is 0 Å². The molecule has 0 spiro atoms. The minimum absolute atomic E-state index is 0.117. The molecule has 2 aliphatic rings. The van der Waals surface area contributed by atoms with E-state index in [1.54, 1.807) is 30.4 Å². The van der Waals surface area contributed by atoms with Crippen LogP contribution in [0.3, 0.4) is 0 Å². The number of nitrogens with one attached hydrogen (secondary N) is 1. The molecule has 1 unspecified atom stereocenters. The quantitative estimate of drug-likeness (QED) is 0.444. The zero-order chi connectivity index (χ0) is 25.1. The van der Waals surface area contributed by atoms with Gasteiger partial charge in [0.2, 0.25) is 0 Å². The molecule has 0 bridgehead atoms. The van der Waals surface area contributed by atoms with Gasteiger partial charge in [-0.1, -0.05) is 62.4 Å². The Morgan fingerprint density at radius 3 is 2.37 bits per heavy atom. The lowest BCUT2D eigenvalue weighted by Gasteiger charge is -2.42. The summed E-state index contributed by atoms with van der Waals surface area (Å²) in [6.07, 6.45) is 15.0. The maximum Gasteiger partial charge on any atom is 0.271 e. The number of amides is 1. The molecule has 1 N–H and O–H groups in total. The van der Waals surface area contributed by atoms with E-state index in [4.69, 9.17) is 4.74 Å². The molecule has 1 atom stereocenters. The number of rotatable bonds is 7. The number of aldehydes is 1. The van der Waals surface area contributed by atoms with Crippen LogP contribution in [0.1, 0.15) is 73.6 Å². The summed E-state index contributed by atoms with van der Waals surface area (Å²) >= 11 is 0. The normalized spacial score (nSPS) is 21.0.